The van der Waals surface area contributed by atoms with Gasteiger partial charge in [0.05, 0.1) is 11.6 Å². The molecule has 8 nitrogen and oxygen atoms in total. The van der Waals surface area contributed by atoms with Gasteiger partial charge in [-0.3, -0.25) is 0 Å². The maximum atomic E-state index is 12.6. The molecule has 1 aromatic carbocycles. The summed E-state index contributed by atoms with van der Waals surface area (Å²) in [4.78, 5) is 35.1. The van der Waals surface area contributed by atoms with Gasteiger partial charge in [-0.15, -0.1) is 0 Å². The molecule has 0 bridgehead atoms. The Morgan fingerprint density at radius 3 is 2.38 bits per heavy atom. The minimum absolute atomic E-state index is 0.0768. The van der Waals surface area contributed by atoms with Gasteiger partial charge in [-0.1, -0.05) is 0 Å². The van der Waals surface area contributed by atoms with Crippen LogP contribution < -0.4 is 10.1 Å². The van der Waals surface area contributed by atoms with Crippen molar-refractivity contribution in [2.24, 2.45) is 0 Å². The Bertz CT molecular complexity index is 702. The maximum Gasteiger partial charge on any atom is 0.349 e. The van der Waals surface area contributed by atoms with E-state index >= 15 is 0 Å². The molecule has 0 amide bonds. The van der Waals surface area contributed by atoms with Gasteiger partial charge in [0.25, 0.3) is 0 Å². The van der Waals surface area contributed by atoms with Gasteiger partial charge < -0.3 is 25.0 Å². The Hall–Kier alpha value is -2.61. The number of hydrogen-bond acceptors (Lipinski definition) is 6. The molecule has 0 aromatic heterocycles. The topological polar surface area (TPSA) is 122 Å². The second-order valence-corrected chi connectivity index (χ2v) is 7.10. The number of carboxylic acid groups (broad SMARTS) is 2. The summed E-state index contributed by atoms with van der Waals surface area (Å²) in [5, 5.41) is 21.6. The van der Waals surface area contributed by atoms with E-state index in [0.29, 0.717) is 6.42 Å². The van der Waals surface area contributed by atoms with E-state index in [1.54, 1.807) is 20.8 Å². The number of carbonyl (C=O) groups is 3. The highest BCUT2D eigenvalue weighted by atomic mass is 16.6. The van der Waals surface area contributed by atoms with Gasteiger partial charge >= 0.3 is 17.9 Å². The summed E-state index contributed by atoms with van der Waals surface area (Å²) in [7, 11) is 0. The van der Waals surface area contributed by atoms with E-state index < -0.39 is 29.6 Å². The predicted molar refractivity (Wildman–Crippen MR) is 91.6 cm³/mol. The maximum absolute atomic E-state index is 12.6. The van der Waals surface area contributed by atoms with Crippen LogP contribution in [0.4, 0.5) is 0 Å². The van der Waals surface area contributed by atoms with Gasteiger partial charge in [0.2, 0.25) is 6.10 Å². The van der Waals surface area contributed by atoms with Crippen molar-refractivity contribution < 1.29 is 34.1 Å². The summed E-state index contributed by atoms with van der Waals surface area (Å²) >= 11 is 0. The molecular weight excluding hydrogens is 342 g/mol. The molecule has 2 rings (SSSR count). The summed E-state index contributed by atoms with van der Waals surface area (Å²) in [6.45, 7) is 5.91. The van der Waals surface area contributed by atoms with Crippen molar-refractivity contribution in [2.45, 2.75) is 51.4 Å². The zero-order valence-corrected chi connectivity index (χ0v) is 14.9. The van der Waals surface area contributed by atoms with Crippen LogP contribution in [-0.2, 0) is 9.53 Å². The molecule has 0 radical (unpaired) electrons. The smallest absolute Gasteiger partial charge is 0.349 e. The van der Waals surface area contributed by atoms with Crippen molar-refractivity contribution in [3.63, 3.8) is 0 Å². The van der Waals surface area contributed by atoms with E-state index in [1.165, 1.54) is 12.1 Å². The van der Waals surface area contributed by atoms with E-state index in [9.17, 15) is 19.5 Å². The van der Waals surface area contributed by atoms with Crippen LogP contribution >= 0.6 is 0 Å². The quantitative estimate of drug-likeness (QED) is 0.654. The number of hydrogen-bond donors (Lipinski definition) is 3. The average Bonchev–Trinajstić information content (AvgIpc) is 3.04. The molecule has 0 saturated carbocycles. The molecule has 1 aromatic rings. The Balaban J connectivity index is 2.34. The number of carbonyl (C=O) groups excluding carboxylic acids is 1. The van der Waals surface area contributed by atoms with Crippen molar-refractivity contribution >= 4 is 17.9 Å². The van der Waals surface area contributed by atoms with Crippen molar-refractivity contribution in [3.05, 3.63) is 29.3 Å². The molecule has 1 saturated heterocycles. The summed E-state index contributed by atoms with van der Waals surface area (Å²) in [5.41, 5.74) is -1.22. The van der Waals surface area contributed by atoms with Crippen LogP contribution in [0.3, 0.4) is 0 Å². The van der Waals surface area contributed by atoms with Crippen molar-refractivity contribution in [1.82, 2.24) is 5.32 Å². The van der Waals surface area contributed by atoms with Crippen LogP contribution in [0.25, 0.3) is 0 Å². The Morgan fingerprint density at radius 2 is 1.88 bits per heavy atom. The molecule has 1 heterocycles. The van der Waals surface area contributed by atoms with Crippen molar-refractivity contribution in [1.29, 1.82) is 0 Å². The summed E-state index contributed by atoms with van der Waals surface area (Å²) < 4.78 is 11.1. The first-order valence-electron chi connectivity index (χ1n) is 8.32. The van der Waals surface area contributed by atoms with E-state index in [-0.39, 0.29) is 22.9 Å². The van der Waals surface area contributed by atoms with Crippen LogP contribution in [0, 0.1) is 0 Å². The highest BCUT2D eigenvalue weighted by molar-refractivity contribution is 5.96. The van der Waals surface area contributed by atoms with E-state index in [2.05, 4.69) is 5.32 Å². The first-order valence-corrected chi connectivity index (χ1v) is 8.32. The molecule has 2 unspecified atom stereocenters. The number of rotatable bonds is 6. The first-order chi connectivity index (χ1) is 12.1. The zero-order chi connectivity index (χ0) is 19.5. The summed E-state index contributed by atoms with van der Waals surface area (Å²) in [6, 6.07) is 3.18. The molecule has 1 fully saturated rings. The minimum Gasteiger partial charge on any atom is -0.478 e. The Kier molecular flexibility index (Phi) is 5.86. The largest absolute Gasteiger partial charge is 0.478 e. The molecule has 8 heteroatoms. The fourth-order valence-corrected chi connectivity index (χ4v) is 2.69. The number of aromatic carboxylic acids is 2. The summed E-state index contributed by atoms with van der Waals surface area (Å²) in [6.07, 6.45) is 0.502. The average molecular weight is 365 g/mol. The lowest BCUT2D eigenvalue weighted by Gasteiger charge is -2.28. The van der Waals surface area contributed by atoms with E-state index in [4.69, 9.17) is 14.6 Å². The number of esters is 1. The van der Waals surface area contributed by atoms with Crippen LogP contribution in [0.5, 0.6) is 5.75 Å². The second-order valence-electron chi connectivity index (χ2n) is 7.10. The molecule has 0 spiro atoms. The van der Waals surface area contributed by atoms with E-state index in [1.807, 2.05) is 0 Å². The van der Waals surface area contributed by atoms with E-state index in [0.717, 1.165) is 19.0 Å². The van der Waals surface area contributed by atoms with Crippen LogP contribution in [0.1, 0.15) is 54.3 Å². The number of ether oxygens (including phenoxy) is 2. The lowest BCUT2D eigenvalue weighted by molar-refractivity contribution is -0.164. The number of benzene rings is 1. The van der Waals surface area contributed by atoms with Crippen LogP contribution in [0.2, 0.25) is 0 Å². The van der Waals surface area contributed by atoms with Gasteiger partial charge in [-0.2, -0.15) is 0 Å². The molecule has 3 N–H and O–H groups in total. The third-order valence-electron chi connectivity index (χ3n) is 3.81. The monoisotopic (exact) mass is 365 g/mol. The zero-order valence-electron chi connectivity index (χ0n) is 14.9. The molecule has 0 aliphatic carbocycles. The first kappa shape index (κ1) is 19.7. The third kappa shape index (κ3) is 4.95. The molecule has 1 aliphatic rings. The fraction of sp³-hybridized carbons (Fsp3) is 0.500. The second kappa shape index (κ2) is 7.74. The number of nitrogens with one attached hydrogen (secondary N) is 1. The van der Waals surface area contributed by atoms with Gasteiger partial charge in [-0.05, 0) is 58.4 Å². The molecule has 1 aliphatic heterocycles. The lowest BCUT2D eigenvalue weighted by Crippen LogP contribution is -2.47. The van der Waals surface area contributed by atoms with Crippen LogP contribution in [-0.4, -0.2) is 52.4 Å². The highest BCUT2D eigenvalue weighted by Gasteiger charge is 2.36. The van der Waals surface area contributed by atoms with Gasteiger partial charge in [0, 0.05) is 0 Å². The minimum atomic E-state index is -1.34. The normalized spacial score (nSPS) is 18.2. The SMILES string of the molecule is CC(C)(C)OC(=O)C(Oc1ccc(C(=O)O)cc1C(=O)O)C1CCCN1. The number of carboxylic acids is 2. The van der Waals surface area contributed by atoms with Crippen LogP contribution in [0.15, 0.2) is 18.2 Å². The highest BCUT2D eigenvalue weighted by Crippen LogP contribution is 2.25. The van der Waals surface area contributed by atoms with Crippen molar-refractivity contribution in [2.75, 3.05) is 6.54 Å². The fourth-order valence-electron chi connectivity index (χ4n) is 2.69. The molecule has 142 valence electrons. The Labute approximate surface area is 151 Å². The molecular formula is C18H23NO7. The van der Waals surface area contributed by atoms with Gasteiger partial charge in [0.1, 0.15) is 16.9 Å². The summed E-state index contributed by atoms with van der Waals surface area (Å²) in [5.74, 6) is -3.27. The van der Waals surface area contributed by atoms with Gasteiger partial charge in [0.15, 0.2) is 0 Å². The predicted octanol–water partition coefficient (Wildman–Crippen LogP) is 1.92. The molecule has 2 atom stereocenters. The Morgan fingerprint density at radius 1 is 1.19 bits per heavy atom. The van der Waals surface area contributed by atoms with Crippen molar-refractivity contribution in [3.8, 4) is 5.75 Å². The van der Waals surface area contributed by atoms with Gasteiger partial charge in [-0.25, -0.2) is 14.4 Å². The lowest BCUT2D eigenvalue weighted by atomic mass is 10.1. The standard InChI is InChI=1S/C18H23NO7/c1-18(2,3)26-17(24)14(12-5-4-8-19-12)25-13-7-6-10(15(20)21)9-11(13)16(22)23/h6-7,9,12,14,19H,4-5,8H2,1-3H3,(H,20,21)(H,22,23). The molecule has 26 heavy (non-hydrogen) atoms. The third-order valence-corrected chi connectivity index (χ3v) is 3.81.